The first-order chi connectivity index (χ1) is 9.16. The fourth-order valence-corrected chi connectivity index (χ4v) is 2.49. The first kappa shape index (κ1) is 17.0. The Labute approximate surface area is 121 Å². The van der Waals surface area contributed by atoms with Gasteiger partial charge in [-0.1, -0.05) is 6.07 Å². The molecule has 4 nitrogen and oxygen atoms in total. The lowest BCUT2D eigenvalue weighted by Gasteiger charge is -2.40. The summed E-state index contributed by atoms with van der Waals surface area (Å²) in [6.45, 7) is 10.8. The zero-order chi connectivity index (χ0) is 15.5. The molecule has 0 aliphatic rings. The van der Waals surface area contributed by atoms with Crippen molar-refractivity contribution >= 4 is 0 Å². The Morgan fingerprint density at radius 2 is 1.80 bits per heavy atom. The Balaban J connectivity index is 2.92. The number of phenols is 1. The van der Waals surface area contributed by atoms with Gasteiger partial charge in [0.25, 0.3) is 0 Å². The monoisotopic (exact) mass is 281 g/mol. The Morgan fingerprint density at radius 1 is 1.20 bits per heavy atom. The van der Waals surface area contributed by atoms with E-state index in [4.69, 9.17) is 0 Å². The number of aliphatic hydroxyl groups excluding tert-OH is 2. The maximum atomic E-state index is 10.4. The second-order valence-electron chi connectivity index (χ2n) is 6.48. The van der Waals surface area contributed by atoms with Gasteiger partial charge in [-0.2, -0.15) is 0 Å². The molecule has 0 aliphatic carbocycles. The smallest absolute Gasteiger partial charge is 0.121 e. The lowest BCUT2D eigenvalue weighted by molar-refractivity contribution is 0.0354. The minimum absolute atomic E-state index is 0.0358. The summed E-state index contributed by atoms with van der Waals surface area (Å²) in [6.07, 6.45) is -0.650. The standard InChI is InChI=1S/C16H27NO3/c1-11(2)17(16(3,4)5)9-15(20)12-6-7-14(19)13(8-12)10-18/h6-8,11,15,18-20H,9-10H2,1-5H3. The molecule has 0 heterocycles. The molecular formula is C16H27NO3. The zero-order valence-electron chi connectivity index (χ0n) is 13.1. The van der Waals surface area contributed by atoms with E-state index in [-0.39, 0.29) is 17.9 Å². The predicted octanol–water partition coefficient (Wildman–Crippen LogP) is 2.43. The first-order valence-corrected chi connectivity index (χ1v) is 7.04. The van der Waals surface area contributed by atoms with Crippen LogP contribution in [-0.4, -0.2) is 38.3 Å². The molecular weight excluding hydrogens is 254 g/mol. The minimum atomic E-state index is -0.650. The summed E-state index contributed by atoms with van der Waals surface area (Å²) >= 11 is 0. The number of benzene rings is 1. The summed E-state index contributed by atoms with van der Waals surface area (Å²) in [5.41, 5.74) is 1.11. The topological polar surface area (TPSA) is 63.9 Å². The van der Waals surface area contributed by atoms with Crippen molar-refractivity contribution in [1.29, 1.82) is 0 Å². The van der Waals surface area contributed by atoms with Gasteiger partial charge in [0.1, 0.15) is 5.75 Å². The molecule has 0 spiro atoms. The molecule has 0 radical (unpaired) electrons. The molecule has 3 N–H and O–H groups in total. The summed E-state index contributed by atoms with van der Waals surface area (Å²) in [6, 6.07) is 5.18. The summed E-state index contributed by atoms with van der Waals surface area (Å²) in [5, 5.41) is 29.1. The molecule has 114 valence electrons. The van der Waals surface area contributed by atoms with Crippen LogP contribution < -0.4 is 0 Å². The van der Waals surface area contributed by atoms with Crippen molar-refractivity contribution in [3.8, 4) is 5.75 Å². The number of nitrogens with zero attached hydrogens (tertiary/aromatic N) is 1. The highest BCUT2D eigenvalue weighted by molar-refractivity contribution is 5.36. The van der Waals surface area contributed by atoms with E-state index < -0.39 is 6.10 Å². The number of aromatic hydroxyl groups is 1. The largest absolute Gasteiger partial charge is 0.508 e. The van der Waals surface area contributed by atoms with Gasteiger partial charge in [-0.25, -0.2) is 0 Å². The van der Waals surface area contributed by atoms with Crippen molar-refractivity contribution < 1.29 is 15.3 Å². The number of hydrogen-bond acceptors (Lipinski definition) is 4. The van der Waals surface area contributed by atoms with Crippen LogP contribution in [0.3, 0.4) is 0 Å². The number of β-amino-alcohol motifs (C(OH)–C–C–N with tert-alkyl or cyclic N) is 1. The van der Waals surface area contributed by atoms with Gasteiger partial charge in [0.15, 0.2) is 0 Å². The maximum absolute atomic E-state index is 10.4. The summed E-state index contributed by atoms with van der Waals surface area (Å²) < 4.78 is 0. The lowest BCUT2D eigenvalue weighted by atomic mass is 9.99. The molecule has 1 atom stereocenters. The zero-order valence-corrected chi connectivity index (χ0v) is 13.1. The van der Waals surface area contributed by atoms with Crippen molar-refractivity contribution in [2.45, 2.75) is 58.9 Å². The molecule has 0 aliphatic heterocycles. The van der Waals surface area contributed by atoms with Crippen LogP contribution >= 0.6 is 0 Å². The summed E-state index contributed by atoms with van der Waals surface area (Å²) in [4.78, 5) is 2.23. The average Bonchev–Trinajstić information content (AvgIpc) is 2.34. The molecule has 4 heteroatoms. The van der Waals surface area contributed by atoms with Gasteiger partial charge >= 0.3 is 0 Å². The third-order valence-electron chi connectivity index (χ3n) is 3.51. The van der Waals surface area contributed by atoms with Crippen LogP contribution in [-0.2, 0) is 6.61 Å². The highest BCUT2D eigenvalue weighted by Gasteiger charge is 2.26. The minimum Gasteiger partial charge on any atom is -0.508 e. The Bertz CT molecular complexity index is 438. The van der Waals surface area contributed by atoms with Crippen molar-refractivity contribution in [2.24, 2.45) is 0 Å². The van der Waals surface area contributed by atoms with E-state index in [2.05, 4.69) is 39.5 Å². The van der Waals surface area contributed by atoms with Crippen LogP contribution in [0.25, 0.3) is 0 Å². The second kappa shape index (κ2) is 6.57. The molecule has 1 aromatic carbocycles. The van der Waals surface area contributed by atoms with E-state index in [9.17, 15) is 15.3 Å². The average molecular weight is 281 g/mol. The fourth-order valence-electron chi connectivity index (χ4n) is 2.49. The van der Waals surface area contributed by atoms with Crippen molar-refractivity contribution in [1.82, 2.24) is 4.90 Å². The quantitative estimate of drug-likeness (QED) is 0.775. The molecule has 0 saturated heterocycles. The van der Waals surface area contributed by atoms with Crippen LogP contribution in [0.1, 0.15) is 51.8 Å². The first-order valence-electron chi connectivity index (χ1n) is 7.04. The van der Waals surface area contributed by atoms with Gasteiger partial charge < -0.3 is 15.3 Å². The number of aliphatic hydroxyl groups is 2. The second-order valence-corrected chi connectivity index (χ2v) is 6.48. The van der Waals surface area contributed by atoms with E-state index >= 15 is 0 Å². The van der Waals surface area contributed by atoms with Crippen LogP contribution in [0.2, 0.25) is 0 Å². The SMILES string of the molecule is CC(C)N(CC(O)c1ccc(O)c(CO)c1)C(C)(C)C. The lowest BCUT2D eigenvalue weighted by Crippen LogP contribution is -2.47. The van der Waals surface area contributed by atoms with Crippen LogP contribution in [0.15, 0.2) is 18.2 Å². The van der Waals surface area contributed by atoms with E-state index in [0.29, 0.717) is 23.7 Å². The summed E-state index contributed by atoms with van der Waals surface area (Å²) in [7, 11) is 0. The van der Waals surface area contributed by atoms with E-state index in [0.717, 1.165) is 0 Å². The van der Waals surface area contributed by atoms with Gasteiger partial charge in [-0.15, -0.1) is 0 Å². The Kier molecular flexibility index (Phi) is 5.57. The molecule has 0 aromatic heterocycles. The molecule has 0 fully saturated rings. The van der Waals surface area contributed by atoms with Crippen molar-refractivity contribution in [3.63, 3.8) is 0 Å². The van der Waals surface area contributed by atoms with Gasteiger partial charge in [0, 0.05) is 23.7 Å². The fraction of sp³-hybridized carbons (Fsp3) is 0.625. The number of rotatable bonds is 5. The molecule has 1 rings (SSSR count). The van der Waals surface area contributed by atoms with Crippen molar-refractivity contribution in [2.75, 3.05) is 6.54 Å². The highest BCUT2D eigenvalue weighted by Crippen LogP contribution is 2.26. The highest BCUT2D eigenvalue weighted by atomic mass is 16.3. The number of hydrogen-bond donors (Lipinski definition) is 3. The van der Waals surface area contributed by atoms with Crippen LogP contribution in [0, 0.1) is 0 Å². The molecule has 0 saturated carbocycles. The maximum Gasteiger partial charge on any atom is 0.121 e. The van der Waals surface area contributed by atoms with E-state index in [1.54, 1.807) is 12.1 Å². The molecule has 0 bridgehead atoms. The van der Waals surface area contributed by atoms with Crippen molar-refractivity contribution in [3.05, 3.63) is 29.3 Å². The van der Waals surface area contributed by atoms with E-state index in [1.165, 1.54) is 6.07 Å². The van der Waals surface area contributed by atoms with E-state index in [1.807, 2.05) is 0 Å². The molecule has 0 amide bonds. The van der Waals surface area contributed by atoms with Gasteiger partial charge in [0.2, 0.25) is 0 Å². The van der Waals surface area contributed by atoms with Crippen LogP contribution in [0.4, 0.5) is 0 Å². The van der Waals surface area contributed by atoms with Gasteiger partial charge in [0.05, 0.1) is 12.7 Å². The molecule has 1 aromatic rings. The summed E-state index contributed by atoms with van der Waals surface area (Å²) in [5.74, 6) is 0.0555. The Morgan fingerprint density at radius 3 is 2.25 bits per heavy atom. The predicted molar refractivity (Wildman–Crippen MR) is 80.6 cm³/mol. The molecule has 1 unspecified atom stereocenters. The normalized spacial score (nSPS) is 14.1. The van der Waals surface area contributed by atoms with Gasteiger partial charge in [-0.3, -0.25) is 4.90 Å². The Hall–Kier alpha value is -1.10. The van der Waals surface area contributed by atoms with Gasteiger partial charge in [-0.05, 0) is 52.3 Å². The third-order valence-corrected chi connectivity index (χ3v) is 3.51. The third kappa shape index (κ3) is 4.20. The molecule has 20 heavy (non-hydrogen) atoms. The van der Waals surface area contributed by atoms with Crippen LogP contribution in [0.5, 0.6) is 5.75 Å².